The van der Waals surface area contributed by atoms with Gasteiger partial charge < -0.3 is 10.1 Å². The van der Waals surface area contributed by atoms with Crippen LogP contribution < -0.4 is 5.32 Å². The van der Waals surface area contributed by atoms with Gasteiger partial charge in [-0.2, -0.15) is 0 Å². The Labute approximate surface area is 123 Å². The van der Waals surface area contributed by atoms with Crippen molar-refractivity contribution in [2.45, 2.75) is 19.9 Å². The highest BCUT2D eigenvalue weighted by atomic mass is 19.1. The second kappa shape index (κ2) is 6.88. The first kappa shape index (κ1) is 15.0. The Balaban J connectivity index is 2.29. The summed E-state index contributed by atoms with van der Waals surface area (Å²) < 4.78 is 18.6. The van der Waals surface area contributed by atoms with Crippen LogP contribution in [0.2, 0.25) is 0 Å². The van der Waals surface area contributed by atoms with Crippen molar-refractivity contribution in [3.8, 4) is 0 Å². The number of esters is 1. The van der Waals surface area contributed by atoms with Crippen LogP contribution in [-0.2, 0) is 9.53 Å². The molecule has 0 amide bonds. The first-order valence-corrected chi connectivity index (χ1v) is 6.85. The van der Waals surface area contributed by atoms with Crippen molar-refractivity contribution in [1.82, 2.24) is 0 Å². The van der Waals surface area contributed by atoms with Gasteiger partial charge in [0.2, 0.25) is 0 Å². The largest absolute Gasteiger partial charge is 0.464 e. The number of halogens is 1. The molecule has 0 radical (unpaired) electrons. The predicted octanol–water partition coefficient (Wildman–Crippen LogP) is 3.85. The van der Waals surface area contributed by atoms with Gasteiger partial charge in [0.15, 0.2) is 6.04 Å². The Kier molecular flexibility index (Phi) is 4.93. The van der Waals surface area contributed by atoms with E-state index in [1.54, 1.807) is 19.9 Å². The smallest absolute Gasteiger partial charge is 0.333 e. The van der Waals surface area contributed by atoms with Gasteiger partial charge in [0.1, 0.15) is 5.82 Å². The lowest BCUT2D eigenvalue weighted by Crippen LogP contribution is -2.23. The zero-order valence-electron chi connectivity index (χ0n) is 12.1. The second-order valence-electron chi connectivity index (χ2n) is 4.76. The van der Waals surface area contributed by atoms with E-state index in [0.29, 0.717) is 12.3 Å². The maximum absolute atomic E-state index is 13.5. The highest BCUT2D eigenvalue weighted by Crippen LogP contribution is 2.22. The van der Waals surface area contributed by atoms with Crippen LogP contribution in [-0.4, -0.2) is 12.6 Å². The average molecular weight is 287 g/mol. The van der Waals surface area contributed by atoms with E-state index in [1.165, 1.54) is 12.1 Å². The lowest BCUT2D eigenvalue weighted by molar-refractivity contribution is -0.144. The number of nitrogens with one attached hydrogen (secondary N) is 1. The first-order chi connectivity index (χ1) is 10.1. The molecule has 110 valence electrons. The number of aryl methyl sites for hydroxylation is 1. The molecule has 0 heterocycles. The van der Waals surface area contributed by atoms with Crippen LogP contribution in [0.5, 0.6) is 0 Å². The van der Waals surface area contributed by atoms with Gasteiger partial charge in [-0.25, -0.2) is 9.18 Å². The van der Waals surface area contributed by atoms with Crippen molar-refractivity contribution in [3.63, 3.8) is 0 Å². The number of carbonyl (C=O) groups is 1. The Hall–Kier alpha value is -2.36. The standard InChI is InChI=1S/C17H18FNO2/c1-3-21-17(20)16(13-7-5-4-6-8-13)19-15-10-12(2)9-14(18)11-15/h4-11,16,19H,3H2,1-2H3. The molecule has 2 aromatic carbocycles. The molecule has 2 aromatic rings. The molecule has 3 nitrogen and oxygen atoms in total. The van der Waals surface area contributed by atoms with Crippen LogP contribution in [0.25, 0.3) is 0 Å². The minimum Gasteiger partial charge on any atom is -0.464 e. The van der Waals surface area contributed by atoms with Crippen molar-refractivity contribution in [1.29, 1.82) is 0 Å². The Morgan fingerprint density at radius 1 is 1.24 bits per heavy atom. The molecule has 0 fully saturated rings. The topological polar surface area (TPSA) is 38.3 Å². The molecular weight excluding hydrogens is 269 g/mol. The third-order valence-electron chi connectivity index (χ3n) is 3.01. The van der Waals surface area contributed by atoms with Crippen LogP contribution in [0.15, 0.2) is 48.5 Å². The molecular formula is C17H18FNO2. The summed E-state index contributed by atoms with van der Waals surface area (Å²) in [5.74, 6) is -0.723. The van der Waals surface area contributed by atoms with Gasteiger partial charge in [0.05, 0.1) is 6.61 Å². The van der Waals surface area contributed by atoms with Gasteiger partial charge in [-0.3, -0.25) is 0 Å². The normalized spacial score (nSPS) is 11.8. The summed E-state index contributed by atoms with van der Waals surface area (Å²) in [6.07, 6.45) is 0. The molecule has 0 bridgehead atoms. The fraction of sp³-hybridized carbons (Fsp3) is 0.235. The minimum absolute atomic E-state index is 0.298. The van der Waals surface area contributed by atoms with Crippen LogP contribution in [0.4, 0.5) is 10.1 Å². The number of anilines is 1. The molecule has 1 unspecified atom stereocenters. The maximum Gasteiger partial charge on any atom is 0.333 e. The van der Waals surface area contributed by atoms with Gasteiger partial charge in [-0.05, 0) is 43.2 Å². The van der Waals surface area contributed by atoms with Crippen LogP contribution in [0.1, 0.15) is 24.1 Å². The highest BCUT2D eigenvalue weighted by molar-refractivity contribution is 5.81. The lowest BCUT2D eigenvalue weighted by Gasteiger charge is -2.19. The molecule has 2 rings (SSSR count). The van der Waals surface area contributed by atoms with E-state index in [2.05, 4.69) is 5.32 Å². The van der Waals surface area contributed by atoms with E-state index in [9.17, 15) is 9.18 Å². The molecule has 0 aromatic heterocycles. The van der Waals surface area contributed by atoms with Crippen molar-refractivity contribution < 1.29 is 13.9 Å². The van der Waals surface area contributed by atoms with E-state index >= 15 is 0 Å². The van der Waals surface area contributed by atoms with E-state index in [-0.39, 0.29) is 11.8 Å². The van der Waals surface area contributed by atoms with Crippen molar-refractivity contribution in [2.24, 2.45) is 0 Å². The summed E-state index contributed by atoms with van der Waals surface area (Å²) >= 11 is 0. The number of rotatable bonds is 5. The molecule has 1 atom stereocenters. The lowest BCUT2D eigenvalue weighted by atomic mass is 10.1. The number of ether oxygens (including phenoxy) is 1. The predicted molar refractivity (Wildman–Crippen MR) is 80.6 cm³/mol. The van der Waals surface area contributed by atoms with E-state index in [4.69, 9.17) is 4.74 Å². The number of hydrogen-bond acceptors (Lipinski definition) is 3. The molecule has 21 heavy (non-hydrogen) atoms. The molecule has 0 aliphatic rings. The Morgan fingerprint density at radius 2 is 1.95 bits per heavy atom. The summed E-state index contributed by atoms with van der Waals surface area (Å²) in [4.78, 5) is 12.1. The fourth-order valence-corrected chi connectivity index (χ4v) is 2.14. The summed E-state index contributed by atoms with van der Waals surface area (Å²) in [5, 5.41) is 3.05. The van der Waals surface area contributed by atoms with E-state index in [1.807, 2.05) is 30.3 Å². The summed E-state index contributed by atoms with van der Waals surface area (Å²) in [7, 11) is 0. The molecule has 0 aliphatic carbocycles. The Morgan fingerprint density at radius 3 is 2.57 bits per heavy atom. The quantitative estimate of drug-likeness (QED) is 0.849. The fourth-order valence-electron chi connectivity index (χ4n) is 2.14. The van der Waals surface area contributed by atoms with Crippen molar-refractivity contribution in [3.05, 3.63) is 65.5 Å². The molecule has 0 aliphatic heterocycles. The van der Waals surface area contributed by atoms with Crippen LogP contribution in [0.3, 0.4) is 0 Å². The molecule has 0 saturated carbocycles. The number of carbonyl (C=O) groups excluding carboxylic acids is 1. The third kappa shape index (κ3) is 4.05. The van der Waals surface area contributed by atoms with Crippen LogP contribution in [0, 0.1) is 12.7 Å². The van der Waals surface area contributed by atoms with Gasteiger partial charge in [0, 0.05) is 5.69 Å². The Bertz CT molecular complexity index is 593. The van der Waals surface area contributed by atoms with Gasteiger partial charge in [-0.1, -0.05) is 30.3 Å². The molecule has 0 spiro atoms. The van der Waals surface area contributed by atoms with Gasteiger partial charge in [-0.15, -0.1) is 0 Å². The second-order valence-corrected chi connectivity index (χ2v) is 4.76. The van der Waals surface area contributed by atoms with Crippen molar-refractivity contribution >= 4 is 11.7 Å². The average Bonchev–Trinajstić information content (AvgIpc) is 2.45. The maximum atomic E-state index is 13.5. The van der Waals surface area contributed by atoms with E-state index in [0.717, 1.165) is 11.1 Å². The number of hydrogen-bond donors (Lipinski definition) is 1. The highest BCUT2D eigenvalue weighted by Gasteiger charge is 2.21. The first-order valence-electron chi connectivity index (χ1n) is 6.85. The zero-order valence-corrected chi connectivity index (χ0v) is 12.1. The molecule has 0 saturated heterocycles. The summed E-state index contributed by atoms with van der Waals surface area (Å²) in [6, 6.07) is 13.2. The summed E-state index contributed by atoms with van der Waals surface area (Å²) in [6.45, 7) is 3.86. The molecule has 4 heteroatoms. The zero-order chi connectivity index (χ0) is 15.2. The van der Waals surface area contributed by atoms with Gasteiger partial charge >= 0.3 is 5.97 Å². The molecule has 1 N–H and O–H groups in total. The van der Waals surface area contributed by atoms with E-state index < -0.39 is 6.04 Å². The van der Waals surface area contributed by atoms with Crippen LogP contribution >= 0.6 is 0 Å². The summed E-state index contributed by atoms with van der Waals surface area (Å²) in [5.41, 5.74) is 2.11. The third-order valence-corrected chi connectivity index (χ3v) is 3.01. The monoisotopic (exact) mass is 287 g/mol. The SMILES string of the molecule is CCOC(=O)C(Nc1cc(C)cc(F)c1)c1ccccc1. The minimum atomic E-state index is -0.660. The number of benzene rings is 2. The van der Waals surface area contributed by atoms with Gasteiger partial charge in [0.25, 0.3) is 0 Å². The van der Waals surface area contributed by atoms with Crippen molar-refractivity contribution in [2.75, 3.05) is 11.9 Å².